The molecule has 0 spiro atoms. The molecule has 1 aromatic carbocycles. The van der Waals surface area contributed by atoms with Crippen LogP contribution in [0.5, 0.6) is 5.75 Å². The Balaban J connectivity index is 1.68. The van der Waals surface area contributed by atoms with Crippen LogP contribution in [0.3, 0.4) is 0 Å². The van der Waals surface area contributed by atoms with Crippen LogP contribution < -0.4 is 4.74 Å². The summed E-state index contributed by atoms with van der Waals surface area (Å²) in [6.07, 6.45) is 9.27. The first-order valence-corrected chi connectivity index (χ1v) is 9.44. The van der Waals surface area contributed by atoms with Crippen LogP contribution in [-0.4, -0.2) is 30.4 Å². The summed E-state index contributed by atoms with van der Waals surface area (Å²) in [5, 5.41) is 4.45. The van der Waals surface area contributed by atoms with Gasteiger partial charge in [0.25, 0.3) is 0 Å². The molecule has 142 valence electrons. The van der Waals surface area contributed by atoms with Gasteiger partial charge in [0.05, 0.1) is 36.7 Å². The van der Waals surface area contributed by atoms with Gasteiger partial charge in [-0.1, -0.05) is 30.3 Å². The first-order valence-electron chi connectivity index (χ1n) is 9.44. The van der Waals surface area contributed by atoms with E-state index < -0.39 is 0 Å². The molecule has 0 radical (unpaired) electrons. The minimum Gasteiger partial charge on any atom is -0.487 e. The molecule has 6 nitrogen and oxygen atoms in total. The summed E-state index contributed by atoms with van der Waals surface area (Å²) in [6, 6.07) is 14.0. The van der Waals surface area contributed by atoms with Crippen molar-refractivity contribution in [3.63, 3.8) is 0 Å². The molecule has 0 fully saturated rings. The van der Waals surface area contributed by atoms with E-state index in [0.717, 1.165) is 34.8 Å². The van der Waals surface area contributed by atoms with Gasteiger partial charge in [0.2, 0.25) is 0 Å². The van der Waals surface area contributed by atoms with Crippen LogP contribution in [0, 0.1) is 0 Å². The Hall–Kier alpha value is -3.41. The zero-order chi connectivity index (χ0) is 19.3. The fourth-order valence-electron chi connectivity index (χ4n) is 3.25. The van der Waals surface area contributed by atoms with E-state index in [9.17, 15) is 0 Å². The number of rotatable bonds is 7. The Bertz CT molecular complexity index is 1020. The van der Waals surface area contributed by atoms with Crippen molar-refractivity contribution in [3.05, 3.63) is 73.6 Å². The lowest BCUT2D eigenvalue weighted by molar-refractivity contribution is 0.199. The van der Waals surface area contributed by atoms with E-state index in [-0.39, 0.29) is 6.10 Å². The molecule has 1 atom stereocenters. The predicted octanol–water partition coefficient (Wildman–Crippen LogP) is 4.30. The molecule has 28 heavy (non-hydrogen) atoms. The van der Waals surface area contributed by atoms with Gasteiger partial charge in [-0.25, -0.2) is 4.98 Å². The van der Waals surface area contributed by atoms with Crippen molar-refractivity contribution in [2.45, 2.75) is 33.0 Å². The van der Waals surface area contributed by atoms with Crippen LogP contribution in [0.1, 0.15) is 13.8 Å². The number of hydrogen-bond donors (Lipinski definition) is 0. The summed E-state index contributed by atoms with van der Waals surface area (Å²) in [5.74, 6) is 0.763. The highest BCUT2D eigenvalue weighted by atomic mass is 16.5. The van der Waals surface area contributed by atoms with E-state index in [2.05, 4.69) is 46.8 Å². The molecule has 6 heteroatoms. The molecule has 0 saturated heterocycles. The maximum Gasteiger partial charge on any atom is 0.138 e. The third-order valence-corrected chi connectivity index (χ3v) is 4.54. The monoisotopic (exact) mass is 373 g/mol. The van der Waals surface area contributed by atoms with E-state index >= 15 is 0 Å². The minimum absolute atomic E-state index is 0.0398. The van der Waals surface area contributed by atoms with Crippen molar-refractivity contribution in [2.24, 2.45) is 0 Å². The average molecular weight is 373 g/mol. The van der Waals surface area contributed by atoms with E-state index in [4.69, 9.17) is 9.72 Å². The lowest BCUT2D eigenvalue weighted by Crippen LogP contribution is -2.19. The Morgan fingerprint density at radius 1 is 1.04 bits per heavy atom. The number of pyridine rings is 1. The standard InChI is InChI=1S/C22H23N5O/c1-3-27-15-19(12-25-27)22-21(18-8-5-4-6-9-18)24-16-26(22)14-17(2)28-20-10-7-11-23-13-20/h4-13,15-17H,3,14H2,1-2H3/t17-/m1/s1. The van der Waals surface area contributed by atoms with Crippen LogP contribution in [0.25, 0.3) is 22.5 Å². The Morgan fingerprint density at radius 3 is 2.61 bits per heavy atom. The number of aromatic nitrogens is 5. The summed E-state index contributed by atoms with van der Waals surface area (Å²) >= 11 is 0. The van der Waals surface area contributed by atoms with E-state index in [1.54, 1.807) is 12.4 Å². The molecule has 0 bridgehead atoms. The van der Waals surface area contributed by atoms with Crippen molar-refractivity contribution in [1.29, 1.82) is 0 Å². The normalized spacial score (nSPS) is 12.1. The molecule has 0 aliphatic rings. The fourth-order valence-corrected chi connectivity index (χ4v) is 3.25. The highest BCUT2D eigenvalue weighted by Gasteiger charge is 2.18. The van der Waals surface area contributed by atoms with Crippen molar-refractivity contribution < 1.29 is 4.74 Å². The van der Waals surface area contributed by atoms with Gasteiger partial charge >= 0.3 is 0 Å². The van der Waals surface area contributed by atoms with Gasteiger partial charge < -0.3 is 9.30 Å². The van der Waals surface area contributed by atoms with Gasteiger partial charge in [0.15, 0.2) is 0 Å². The molecule has 0 saturated carbocycles. The van der Waals surface area contributed by atoms with Gasteiger partial charge in [-0.15, -0.1) is 0 Å². The lowest BCUT2D eigenvalue weighted by Gasteiger charge is -2.17. The number of benzene rings is 1. The van der Waals surface area contributed by atoms with Crippen LogP contribution in [-0.2, 0) is 13.1 Å². The molecule has 0 aliphatic heterocycles. The highest BCUT2D eigenvalue weighted by molar-refractivity contribution is 5.78. The second-order valence-electron chi connectivity index (χ2n) is 6.66. The topological polar surface area (TPSA) is 57.8 Å². The van der Waals surface area contributed by atoms with Crippen molar-refractivity contribution in [1.82, 2.24) is 24.3 Å². The second kappa shape index (κ2) is 8.08. The van der Waals surface area contributed by atoms with Gasteiger partial charge in [-0.05, 0) is 26.0 Å². The zero-order valence-corrected chi connectivity index (χ0v) is 16.1. The molecule has 4 aromatic rings. The maximum atomic E-state index is 6.02. The summed E-state index contributed by atoms with van der Waals surface area (Å²) in [6.45, 7) is 5.63. The number of imidazole rings is 1. The Labute approximate surface area is 164 Å². The smallest absolute Gasteiger partial charge is 0.138 e. The third kappa shape index (κ3) is 3.81. The second-order valence-corrected chi connectivity index (χ2v) is 6.66. The molecule has 0 amide bonds. The molecule has 3 heterocycles. The van der Waals surface area contributed by atoms with E-state index in [1.165, 1.54) is 0 Å². The van der Waals surface area contributed by atoms with Gasteiger partial charge in [0.1, 0.15) is 11.9 Å². The Morgan fingerprint density at radius 2 is 1.89 bits per heavy atom. The van der Waals surface area contributed by atoms with Gasteiger partial charge in [-0.2, -0.15) is 5.10 Å². The van der Waals surface area contributed by atoms with Gasteiger partial charge in [0, 0.05) is 30.1 Å². The van der Waals surface area contributed by atoms with Crippen LogP contribution in [0.4, 0.5) is 0 Å². The molecule has 0 unspecified atom stereocenters. The van der Waals surface area contributed by atoms with E-state index in [0.29, 0.717) is 6.54 Å². The maximum absolute atomic E-state index is 6.02. The third-order valence-electron chi connectivity index (χ3n) is 4.54. The molecular formula is C22H23N5O. The van der Waals surface area contributed by atoms with Crippen molar-refractivity contribution >= 4 is 0 Å². The Kier molecular flexibility index (Phi) is 5.19. The quantitative estimate of drug-likeness (QED) is 0.485. The summed E-state index contributed by atoms with van der Waals surface area (Å²) < 4.78 is 10.1. The minimum atomic E-state index is -0.0398. The first kappa shape index (κ1) is 18.0. The molecule has 0 aliphatic carbocycles. The SMILES string of the molecule is CCn1cc(-c2c(-c3ccccc3)ncn2C[C@@H](C)Oc2cccnc2)cn1. The first-order chi connectivity index (χ1) is 13.7. The molecule has 0 N–H and O–H groups in total. The van der Waals surface area contributed by atoms with Crippen molar-refractivity contribution in [2.75, 3.05) is 0 Å². The summed E-state index contributed by atoms with van der Waals surface area (Å²) in [7, 11) is 0. The average Bonchev–Trinajstić information content (AvgIpc) is 3.36. The number of ether oxygens (including phenoxy) is 1. The summed E-state index contributed by atoms with van der Waals surface area (Å²) in [5.41, 5.74) is 4.13. The number of hydrogen-bond acceptors (Lipinski definition) is 4. The van der Waals surface area contributed by atoms with Gasteiger partial charge in [-0.3, -0.25) is 9.67 Å². The van der Waals surface area contributed by atoms with Crippen molar-refractivity contribution in [3.8, 4) is 28.3 Å². The highest BCUT2D eigenvalue weighted by Crippen LogP contribution is 2.31. The molecule has 3 aromatic heterocycles. The summed E-state index contributed by atoms with van der Waals surface area (Å²) in [4.78, 5) is 8.83. The lowest BCUT2D eigenvalue weighted by atomic mass is 10.1. The fraction of sp³-hybridized carbons (Fsp3) is 0.227. The molecule has 4 rings (SSSR count). The number of aryl methyl sites for hydroxylation is 1. The predicted molar refractivity (Wildman–Crippen MR) is 109 cm³/mol. The van der Waals surface area contributed by atoms with Crippen LogP contribution in [0.15, 0.2) is 73.6 Å². The largest absolute Gasteiger partial charge is 0.487 e. The zero-order valence-electron chi connectivity index (χ0n) is 16.1. The number of nitrogens with zero attached hydrogens (tertiary/aromatic N) is 5. The molecular weight excluding hydrogens is 350 g/mol. The van der Waals surface area contributed by atoms with Crippen LogP contribution in [0.2, 0.25) is 0 Å². The van der Waals surface area contributed by atoms with E-state index in [1.807, 2.05) is 47.5 Å². The van der Waals surface area contributed by atoms with Crippen LogP contribution >= 0.6 is 0 Å².